The molecule has 5 heterocycles. The molecule has 3 nitrogen and oxygen atoms in total. The molecule has 15 rings (SSSR count). The van der Waals surface area contributed by atoms with E-state index in [0.29, 0.717) is 29.6 Å². The van der Waals surface area contributed by atoms with Crippen LogP contribution in [0.4, 0.5) is 34.1 Å². The van der Waals surface area contributed by atoms with E-state index in [-0.39, 0.29) is 50.5 Å². The van der Waals surface area contributed by atoms with Gasteiger partial charge >= 0.3 is 0 Å². The molecule has 0 amide bonds. The Hall–Kier alpha value is -7.79. The van der Waals surface area contributed by atoms with Crippen molar-refractivity contribution in [3.8, 4) is 11.5 Å². The Kier molecular flexibility index (Phi) is 16.0. The standard InChI is InChI=1S/C87H92B4N2OS/c1-48(2)57-38-62(51(7)8)82(63(39-57)52(9)10)89-68-30-22-25-33-76(68)92-78-44-61(95-60-28-20-19-21-29-60)36-37-70(78)88-72-45-73-81(94-80-35-27-24-32-71(80)91(73)84-66(55(15)16)42-59(50(5)6)43-67(84)56(17)18)47-79(72)93-77-34-26-23-31-69(77)90(75-46-74(89)86(92)85(88)87(75)93)83-64(53(11)12)40-58(49(3)4)41-65(83)54(13)14/h19-56H,1-18H3. The van der Waals surface area contributed by atoms with Gasteiger partial charge in [0.25, 0.3) is 13.4 Å². The first-order valence-corrected chi connectivity index (χ1v) is 36.8. The molecule has 0 radical (unpaired) electrons. The molecular formula is C87H92B4N2OS. The van der Waals surface area contributed by atoms with Crippen molar-refractivity contribution < 1.29 is 4.74 Å². The normalized spacial score (nSPS) is 14.0. The van der Waals surface area contributed by atoms with E-state index in [1.54, 1.807) is 0 Å². The Labute approximate surface area is 574 Å². The molecule has 0 atom stereocenters. The van der Waals surface area contributed by atoms with E-state index >= 15 is 0 Å². The van der Waals surface area contributed by atoms with Crippen molar-refractivity contribution >= 4 is 138 Å². The summed E-state index contributed by atoms with van der Waals surface area (Å²) >= 11 is 1.86. The average molecular weight is 1260 g/mol. The van der Waals surface area contributed by atoms with Crippen LogP contribution in [0.25, 0.3) is 0 Å². The number of nitrogens with zero attached hydrogens (tertiary/aromatic N) is 2. The summed E-state index contributed by atoms with van der Waals surface area (Å²) in [5.74, 6) is 4.79. The second-order valence-electron chi connectivity index (χ2n) is 31.1. The van der Waals surface area contributed by atoms with E-state index in [2.05, 4.69) is 310 Å². The van der Waals surface area contributed by atoms with Gasteiger partial charge in [0.15, 0.2) is 0 Å². The lowest BCUT2D eigenvalue weighted by Gasteiger charge is -2.51. The first-order chi connectivity index (χ1) is 45.6. The molecule has 10 aromatic carbocycles. The van der Waals surface area contributed by atoms with Crippen LogP contribution in [-0.4, -0.2) is 26.9 Å². The smallest absolute Gasteiger partial charge is 0.252 e. The minimum Gasteiger partial charge on any atom is -0.458 e. The van der Waals surface area contributed by atoms with Gasteiger partial charge in [-0.1, -0.05) is 280 Å². The monoisotopic (exact) mass is 1260 g/mol. The van der Waals surface area contributed by atoms with Gasteiger partial charge in [-0.2, -0.15) is 0 Å². The van der Waals surface area contributed by atoms with Crippen LogP contribution in [0.1, 0.15) is 228 Å². The van der Waals surface area contributed by atoms with E-state index in [9.17, 15) is 0 Å². The Balaban J connectivity index is 1.13. The highest BCUT2D eigenvalue weighted by molar-refractivity contribution is 7.99. The molecule has 0 unspecified atom stereocenters. The number of rotatable bonds is 14. The SMILES string of the molecule is CC(C)c1cc(C(C)C)c(B2c3ccccc3Oc3cc4c(cc32)B2c3ccc(Sc5ccccc5)cc3N3c5ccccc5B(c5c(C(C)C)cc(C(C)C)cc5C(C)C)c5cc6c(c2c53)N4c2ccccc2B6c2c(C(C)C)cc(C(C)C)cc2C(C)C)c(C(C)C)c1. The predicted molar refractivity (Wildman–Crippen MR) is 418 cm³/mol. The summed E-state index contributed by atoms with van der Waals surface area (Å²) in [5.41, 5.74) is 37.0. The molecule has 0 spiro atoms. The van der Waals surface area contributed by atoms with Gasteiger partial charge in [0.2, 0.25) is 13.4 Å². The van der Waals surface area contributed by atoms with Crippen LogP contribution in [0.5, 0.6) is 11.5 Å². The van der Waals surface area contributed by atoms with Crippen molar-refractivity contribution in [1.82, 2.24) is 0 Å². The zero-order valence-corrected chi connectivity index (χ0v) is 60.3. The van der Waals surface area contributed by atoms with Gasteiger partial charge in [-0.15, -0.1) is 0 Å². The lowest BCUT2D eigenvalue weighted by molar-refractivity contribution is 0.487. The van der Waals surface area contributed by atoms with Crippen LogP contribution in [0.2, 0.25) is 0 Å². The van der Waals surface area contributed by atoms with Gasteiger partial charge in [-0.05, 0) is 195 Å². The second kappa shape index (κ2) is 24.1. The summed E-state index contributed by atoms with van der Waals surface area (Å²) in [4.78, 5) is 7.98. The van der Waals surface area contributed by atoms with Gasteiger partial charge in [0, 0.05) is 50.0 Å². The number of hydrogen-bond acceptors (Lipinski definition) is 4. The third-order valence-corrected chi connectivity index (χ3v) is 23.1. The molecule has 474 valence electrons. The first kappa shape index (κ1) is 63.3. The van der Waals surface area contributed by atoms with Crippen LogP contribution < -0.4 is 80.1 Å². The van der Waals surface area contributed by atoms with E-state index < -0.39 is 0 Å². The van der Waals surface area contributed by atoms with Crippen molar-refractivity contribution in [3.63, 3.8) is 0 Å². The van der Waals surface area contributed by atoms with Crippen LogP contribution in [0.15, 0.2) is 186 Å². The van der Waals surface area contributed by atoms with Crippen molar-refractivity contribution in [2.75, 3.05) is 9.80 Å². The summed E-state index contributed by atoms with van der Waals surface area (Å²) in [6.07, 6.45) is 0. The number of fused-ring (bicyclic) bond motifs is 12. The van der Waals surface area contributed by atoms with Gasteiger partial charge in [-0.25, -0.2) is 0 Å². The largest absolute Gasteiger partial charge is 0.458 e. The zero-order valence-electron chi connectivity index (χ0n) is 59.5. The third-order valence-electron chi connectivity index (χ3n) is 22.1. The summed E-state index contributed by atoms with van der Waals surface area (Å²) in [5, 5.41) is 0. The molecule has 5 aliphatic heterocycles. The topological polar surface area (TPSA) is 15.7 Å². The Morgan fingerprint density at radius 1 is 0.263 bits per heavy atom. The molecule has 0 bridgehead atoms. The number of benzene rings is 10. The molecule has 95 heavy (non-hydrogen) atoms. The van der Waals surface area contributed by atoms with E-state index in [1.807, 2.05) is 11.8 Å². The van der Waals surface area contributed by atoms with Gasteiger partial charge in [0.1, 0.15) is 11.5 Å². The number of para-hydroxylation sites is 3. The van der Waals surface area contributed by atoms with E-state index in [4.69, 9.17) is 4.74 Å². The zero-order chi connectivity index (χ0) is 66.5. The molecular weight excluding hydrogens is 1160 g/mol. The maximum absolute atomic E-state index is 7.54. The first-order valence-electron chi connectivity index (χ1n) is 35.9. The molecule has 5 aliphatic rings. The minimum atomic E-state index is -0.153. The van der Waals surface area contributed by atoms with Gasteiger partial charge < -0.3 is 14.5 Å². The van der Waals surface area contributed by atoms with Crippen molar-refractivity contribution in [1.29, 1.82) is 0 Å². The van der Waals surface area contributed by atoms with Crippen molar-refractivity contribution in [3.05, 3.63) is 226 Å². The summed E-state index contributed by atoms with van der Waals surface area (Å²) in [6.45, 7) is 43.0. The van der Waals surface area contributed by atoms with Crippen LogP contribution in [0.3, 0.4) is 0 Å². The number of ether oxygens (including phenoxy) is 1. The van der Waals surface area contributed by atoms with Gasteiger partial charge in [-0.3, -0.25) is 0 Å². The highest BCUT2D eigenvalue weighted by Crippen LogP contribution is 2.48. The fourth-order valence-electron chi connectivity index (χ4n) is 17.4. The molecule has 0 aliphatic carbocycles. The summed E-state index contributed by atoms with van der Waals surface area (Å²) in [6, 6.07) is 70.1. The summed E-state index contributed by atoms with van der Waals surface area (Å²) < 4.78 is 7.54. The third kappa shape index (κ3) is 10.1. The maximum atomic E-state index is 7.54. The highest BCUT2D eigenvalue weighted by Gasteiger charge is 2.54. The van der Waals surface area contributed by atoms with Crippen LogP contribution in [0, 0.1) is 0 Å². The molecule has 0 fully saturated rings. The number of hydrogen-bond donors (Lipinski definition) is 0. The van der Waals surface area contributed by atoms with Gasteiger partial charge in [0.05, 0.1) is 0 Å². The molecule has 0 N–H and O–H groups in total. The average Bonchev–Trinajstić information content (AvgIpc) is 0.668. The predicted octanol–water partition coefficient (Wildman–Crippen LogP) is 16.3. The summed E-state index contributed by atoms with van der Waals surface area (Å²) in [7, 11) is 0. The van der Waals surface area contributed by atoms with E-state index in [1.165, 1.54) is 160 Å². The maximum Gasteiger partial charge on any atom is 0.252 e. The fourth-order valence-corrected chi connectivity index (χ4v) is 18.3. The minimum absolute atomic E-state index is 0.0697. The Morgan fingerprint density at radius 2 is 0.621 bits per heavy atom. The molecule has 0 saturated carbocycles. The van der Waals surface area contributed by atoms with Crippen LogP contribution >= 0.6 is 11.8 Å². The molecule has 10 aromatic rings. The molecule has 0 aromatic heterocycles. The van der Waals surface area contributed by atoms with Crippen LogP contribution in [-0.2, 0) is 0 Å². The van der Waals surface area contributed by atoms with Crippen molar-refractivity contribution in [2.45, 2.75) is 188 Å². The lowest BCUT2D eigenvalue weighted by atomic mass is 9.25. The molecule has 0 saturated heterocycles. The fraction of sp³-hybridized carbons (Fsp3) is 0.310. The Bertz CT molecular complexity index is 4640. The second-order valence-corrected chi connectivity index (χ2v) is 32.3. The quantitative estimate of drug-likeness (QED) is 0.101. The lowest BCUT2D eigenvalue weighted by Crippen LogP contribution is -2.72. The Morgan fingerprint density at radius 3 is 1.05 bits per heavy atom. The van der Waals surface area contributed by atoms with Crippen molar-refractivity contribution in [2.24, 2.45) is 0 Å². The number of anilines is 6. The molecule has 8 heteroatoms. The van der Waals surface area contributed by atoms with E-state index in [0.717, 1.165) is 11.5 Å². The highest BCUT2D eigenvalue weighted by atomic mass is 32.2.